The summed E-state index contributed by atoms with van der Waals surface area (Å²) in [5.41, 5.74) is 0. The highest BCUT2D eigenvalue weighted by Gasteiger charge is 2.30. The number of aromatic nitrogens is 2. The summed E-state index contributed by atoms with van der Waals surface area (Å²) in [5.74, 6) is 2.99. The van der Waals surface area contributed by atoms with Gasteiger partial charge in [0.15, 0.2) is 5.82 Å². The summed E-state index contributed by atoms with van der Waals surface area (Å²) in [6.45, 7) is 0. The molecule has 0 aliphatic heterocycles. The summed E-state index contributed by atoms with van der Waals surface area (Å²) in [4.78, 5) is 7.07. The Hall–Kier alpha value is -1.16. The van der Waals surface area contributed by atoms with Gasteiger partial charge < -0.3 is 4.52 Å². The highest BCUT2D eigenvalue weighted by Crippen LogP contribution is 2.45. The quantitative estimate of drug-likeness (QED) is 0.812. The fourth-order valence-corrected chi connectivity index (χ4v) is 3.00. The van der Waals surface area contributed by atoms with Crippen LogP contribution < -0.4 is 0 Å². The van der Waals surface area contributed by atoms with Crippen molar-refractivity contribution in [2.75, 3.05) is 0 Å². The van der Waals surface area contributed by atoms with Gasteiger partial charge in [0, 0.05) is 10.8 Å². The smallest absolute Gasteiger partial charge is 0.268 e. The molecule has 4 rings (SSSR count). The Balaban J connectivity index is 1.65. The van der Waals surface area contributed by atoms with E-state index in [1.165, 1.54) is 30.6 Å². The molecule has 0 unspecified atom stereocenters. The molecule has 0 N–H and O–H groups in total. The maximum absolute atomic E-state index is 5.31. The molecular weight excluding hydrogens is 220 g/mol. The predicted molar refractivity (Wildman–Crippen MR) is 61.6 cm³/mol. The summed E-state index contributed by atoms with van der Waals surface area (Å²) in [6.07, 6.45) is 5.13. The van der Waals surface area contributed by atoms with Gasteiger partial charge in [-0.1, -0.05) is 5.16 Å². The number of rotatable bonds is 3. The first kappa shape index (κ1) is 8.93. The zero-order valence-corrected chi connectivity index (χ0v) is 9.67. The molecule has 2 aliphatic rings. The highest BCUT2D eigenvalue weighted by molar-refractivity contribution is 7.15. The fourth-order valence-electron chi connectivity index (χ4n) is 1.90. The summed E-state index contributed by atoms with van der Waals surface area (Å²) in [7, 11) is 0. The zero-order chi connectivity index (χ0) is 10.5. The van der Waals surface area contributed by atoms with Crippen LogP contribution in [0.3, 0.4) is 0 Å². The van der Waals surface area contributed by atoms with Crippen LogP contribution in [0.5, 0.6) is 0 Å². The Morgan fingerprint density at radius 1 is 1.12 bits per heavy atom. The van der Waals surface area contributed by atoms with Gasteiger partial charge in [-0.25, -0.2) is 0 Å². The molecule has 0 atom stereocenters. The third kappa shape index (κ3) is 1.48. The van der Waals surface area contributed by atoms with Crippen molar-refractivity contribution in [3.63, 3.8) is 0 Å². The first-order valence-corrected chi connectivity index (χ1v) is 6.65. The van der Waals surface area contributed by atoms with E-state index in [0.717, 1.165) is 16.6 Å². The molecule has 0 amide bonds. The monoisotopic (exact) mass is 232 g/mol. The van der Waals surface area contributed by atoms with E-state index in [-0.39, 0.29) is 0 Å². The van der Waals surface area contributed by atoms with E-state index in [1.807, 2.05) is 0 Å². The molecule has 16 heavy (non-hydrogen) atoms. The van der Waals surface area contributed by atoms with Crippen molar-refractivity contribution in [3.05, 3.63) is 22.8 Å². The Morgan fingerprint density at radius 3 is 2.69 bits per heavy atom. The lowest BCUT2D eigenvalue weighted by molar-refractivity contribution is 0.423. The van der Waals surface area contributed by atoms with Crippen molar-refractivity contribution >= 4 is 11.3 Å². The molecule has 2 saturated carbocycles. The Kier molecular flexibility index (Phi) is 1.77. The van der Waals surface area contributed by atoms with Gasteiger partial charge in [-0.05, 0) is 43.7 Å². The fraction of sp³-hybridized carbons (Fsp3) is 0.500. The molecule has 3 nitrogen and oxygen atoms in total. The van der Waals surface area contributed by atoms with Gasteiger partial charge in [-0.2, -0.15) is 4.98 Å². The summed E-state index contributed by atoms with van der Waals surface area (Å²) in [6, 6.07) is 4.32. The minimum atomic E-state index is 0.570. The second-order valence-electron chi connectivity index (χ2n) is 4.71. The second kappa shape index (κ2) is 3.17. The van der Waals surface area contributed by atoms with Crippen LogP contribution in [0, 0.1) is 0 Å². The van der Waals surface area contributed by atoms with Crippen LogP contribution in [0.15, 0.2) is 16.7 Å². The third-order valence-electron chi connectivity index (χ3n) is 3.20. The molecule has 0 bridgehead atoms. The van der Waals surface area contributed by atoms with Crippen molar-refractivity contribution in [2.45, 2.75) is 37.5 Å². The summed E-state index contributed by atoms with van der Waals surface area (Å²) in [5, 5.41) is 4.04. The topological polar surface area (TPSA) is 38.9 Å². The molecule has 2 fully saturated rings. The van der Waals surface area contributed by atoms with Gasteiger partial charge in [0.05, 0.1) is 4.88 Å². The maximum Gasteiger partial charge on any atom is 0.268 e. The van der Waals surface area contributed by atoms with E-state index >= 15 is 0 Å². The minimum absolute atomic E-state index is 0.570. The molecule has 2 aromatic rings. The summed E-state index contributed by atoms with van der Waals surface area (Å²) < 4.78 is 5.31. The molecule has 82 valence electrons. The van der Waals surface area contributed by atoms with E-state index in [4.69, 9.17) is 4.52 Å². The molecular formula is C12H12N2OS. The maximum atomic E-state index is 5.31. The average molecular weight is 232 g/mol. The first-order chi connectivity index (χ1) is 7.90. The molecule has 2 aromatic heterocycles. The van der Waals surface area contributed by atoms with Gasteiger partial charge >= 0.3 is 0 Å². The molecule has 2 heterocycles. The lowest BCUT2D eigenvalue weighted by Gasteiger charge is -1.86. The normalized spacial score (nSPS) is 20.2. The van der Waals surface area contributed by atoms with Crippen LogP contribution in [0.4, 0.5) is 0 Å². The van der Waals surface area contributed by atoms with Crippen molar-refractivity contribution in [2.24, 2.45) is 0 Å². The molecule has 4 heteroatoms. The largest absolute Gasteiger partial charge is 0.333 e. The average Bonchev–Trinajstić information content (AvgIpc) is 3.23. The Bertz CT molecular complexity index is 474. The van der Waals surface area contributed by atoms with Gasteiger partial charge in [0.25, 0.3) is 5.89 Å². The number of hydrogen-bond acceptors (Lipinski definition) is 4. The van der Waals surface area contributed by atoms with Crippen LogP contribution in [0.25, 0.3) is 10.8 Å². The van der Waals surface area contributed by atoms with Crippen LogP contribution >= 0.6 is 11.3 Å². The van der Waals surface area contributed by atoms with E-state index in [2.05, 4.69) is 22.3 Å². The van der Waals surface area contributed by atoms with Gasteiger partial charge in [-0.15, -0.1) is 11.3 Å². The van der Waals surface area contributed by atoms with Crippen LogP contribution in [0.1, 0.15) is 48.2 Å². The van der Waals surface area contributed by atoms with E-state index in [1.54, 1.807) is 11.3 Å². The minimum Gasteiger partial charge on any atom is -0.333 e. The third-order valence-corrected chi connectivity index (χ3v) is 4.44. The molecule has 0 radical (unpaired) electrons. The number of nitrogens with zero attached hydrogens (tertiary/aromatic N) is 2. The molecule has 0 saturated heterocycles. The van der Waals surface area contributed by atoms with E-state index < -0.39 is 0 Å². The van der Waals surface area contributed by atoms with Crippen molar-refractivity contribution in [1.82, 2.24) is 10.1 Å². The number of hydrogen-bond donors (Lipinski definition) is 0. The molecule has 2 aliphatic carbocycles. The SMILES string of the molecule is c1cc(C2CC2)sc1-c1nc(C2CC2)no1. The van der Waals surface area contributed by atoms with Gasteiger partial charge in [0.2, 0.25) is 0 Å². The lowest BCUT2D eigenvalue weighted by atomic mass is 10.3. The Labute approximate surface area is 97.5 Å². The van der Waals surface area contributed by atoms with E-state index in [0.29, 0.717) is 11.8 Å². The van der Waals surface area contributed by atoms with Crippen LogP contribution in [-0.2, 0) is 0 Å². The predicted octanol–water partition coefficient (Wildman–Crippen LogP) is 3.55. The molecule has 0 aromatic carbocycles. The zero-order valence-electron chi connectivity index (χ0n) is 8.85. The second-order valence-corrected chi connectivity index (χ2v) is 5.82. The standard InChI is InChI=1S/C12H12N2OS/c1-2-7(1)9-5-6-10(16-9)12-13-11(14-15-12)8-3-4-8/h5-8H,1-4H2. The summed E-state index contributed by atoms with van der Waals surface area (Å²) >= 11 is 1.81. The van der Waals surface area contributed by atoms with Crippen molar-refractivity contribution in [1.29, 1.82) is 0 Å². The highest BCUT2D eigenvalue weighted by atomic mass is 32.1. The van der Waals surface area contributed by atoms with Crippen molar-refractivity contribution in [3.8, 4) is 10.8 Å². The van der Waals surface area contributed by atoms with Crippen LogP contribution in [-0.4, -0.2) is 10.1 Å². The van der Waals surface area contributed by atoms with E-state index in [9.17, 15) is 0 Å². The lowest BCUT2D eigenvalue weighted by Crippen LogP contribution is -1.80. The van der Waals surface area contributed by atoms with Crippen LogP contribution in [0.2, 0.25) is 0 Å². The van der Waals surface area contributed by atoms with Gasteiger partial charge in [0.1, 0.15) is 0 Å². The van der Waals surface area contributed by atoms with Crippen molar-refractivity contribution < 1.29 is 4.52 Å². The number of thiophene rings is 1. The van der Waals surface area contributed by atoms with Gasteiger partial charge in [-0.3, -0.25) is 0 Å². The molecule has 0 spiro atoms. The Morgan fingerprint density at radius 2 is 1.94 bits per heavy atom. The first-order valence-electron chi connectivity index (χ1n) is 5.84.